The fourth-order valence-corrected chi connectivity index (χ4v) is 2.98. The molecule has 0 radical (unpaired) electrons. The Labute approximate surface area is 123 Å². The molecule has 1 aromatic rings. The van der Waals surface area contributed by atoms with Gasteiger partial charge in [-0.25, -0.2) is 4.39 Å². The van der Waals surface area contributed by atoms with Gasteiger partial charge in [0.2, 0.25) is 11.8 Å². The summed E-state index contributed by atoms with van der Waals surface area (Å²) in [6.07, 6.45) is 2.74. The lowest BCUT2D eigenvalue weighted by atomic mass is 10.1. The molecule has 0 spiro atoms. The number of nitrogens with one attached hydrogen (secondary N) is 1. The molecule has 2 amide bonds. The molecule has 2 atom stereocenters. The Bertz CT molecular complexity index is 555. The van der Waals surface area contributed by atoms with E-state index in [-0.39, 0.29) is 36.0 Å². The predicted molar refractivity (Wildman–Crippen MR) is 76.1 cm³/mol. The molecule has 2 aliphatic rings. The van der Waals surface area contributed by atoms with E-state index >= 15 is 0 Å². The molecule has 1 aromatic carbocycles. The van der Waals surface area contributed by atoms with Crippen molar-refractivity contribution >= 4 is 11.8 Å². The summed E-state index contributed by atoms with van der Waals surface area (Å²) in [6.45, 7) is 1.63. The van der Waals surface area contributed by atoms with Crippen molar-refractivity contribution in [3.8, 4) is 0 Å². The molecule has 4 nitrogen and oxygen atoms in total. The van der Waals surface area contributed by atoms with Crippen LogP contribution in [0.2, 0.25) is 0 Å². The van der Waals surface area contributed by atoms with Crippen molar-refractivity contribution in [3.05, 3.63) is 35.6 Å². The number of hydrogen-bond donors (Lipinski definition) is 1. The minimum absolute atomic E-state index is 0.0241. The van der Waals surface area contributed by atoms with Crippen LogP contribution in [0, 0.1) is 11.7 Å². The number of carbonyl (C=O) groups excluding carboxylic acids is 2. The monoisotopic (exact) mass is 290 g/mol. The van der Waals surface area contributed by atoms with Gasteiger partial charge < -0.3 is 10.2 Å². The molecule has 5 heteroatoms. The van der Waals surface area contributed by atoms with Gasteiger partial charge in [-0.1, -0.05) is 18.2 Å². The van der Waals surface area contributed by atoms with Crippen molar-refractivity contribution in [2.45, 2.75) is 25.2 Å². The summed E-state index contributed by atoms with van der Waals surface area (Å²) in [5.74, 6) is -0.674. The Kier molecular flexibility index (Phi) is 3.90. The molecular formula is C16H19FN2O2. The minimum atomic E-state index is -0.258. The Morgan fingerprint density at radius 2 is 1.95 bits per heavy atom. The largest absolute Gasteiger partial charge is 0.347 e. The number of nitrogens with zero attached hydrogens (tertiary/aromatic N) is 1. The lowest BCUT2D eigenvalue weighted by Gasteiger charge is -2.15. The van der Waals surface area contributed by atoms with Crippen LogP contribution in [0.25, 0.3) is 0 Å². The molecule has 1 saturated carbocycles. The average Bonchev–Trinajstić information content (AvgIpc) is 3.08. The summed E-state index contributed by atoms with van der Waals surface area (Å²) in [5.41, 5.74) is 0.600. The maximum Gasteiger partial charge on any atom is 0.241 e. The molecule has 1 aliphatic carbocycles. The first kappa shape index (κ1) is 14.0. The van der Waals surface area contributed by atoms with Crippen LogP contribution in [0.4, 0.5) is 4.39 Å². The van der Waals surface area contributed by atoms with E-state index < -0.39 is 0 Å². The zero-order chi connectivity index (χ0) is 14.8. The van der Waals surface area contributed by atoms with E-state index in [4.69, 9.17) is 0 Å². The molecule has 1 heterocycles. The number of hydrogen-bond acceptors (Lipinski definition) is 2. The fraction of sp³-hybridized carbons (Fsp3) is 0.500. The molecule has 1 N–H and O–H groups in total. The van der Waals surface area contributed by atoms with Crippen molar-refractivity contribution in [1.82, 2.24) is 10.2 Å². The summed E-state index contributed by atoms with van der Waals surface area (Å²) in [6, 6.07) is 6.57. The number of halogens is 1. The third-order valence-electron chi connectivity index (χ3n) is 4.30. The van der Waals surface area contributed by atoms with Gasteiger partial charge in [-0.05, 0) is 36.8 Å². The topological polar surface area (TPSA) is 49.4 Å². The highest BCUT2D eigenvalue weighted by molar-refractivity contribution is 5.88. The Morgan fingerprint density at radius 1 is 1.24 bits per heavy atom. The summed E-state index contributed by atoms with van der Waals surface area (Å²) >= 11 is 0. The van der Waals surface area contributed by atoms with Gasteiger partial charge in [0.05, 0.1) is 6.54 Å². The van der Waals surface area contributed by atoms with E-state index in [0.717, 1.165) is 25.9 Å². The highest BCUT2D eigenvalue weighted by Gasteiger charge is 2.45. The number of amides is 2. The third kappa shape index (κ3) is 3.06. The minimum Gasteiger partial charge on any atom is -0.347 e. The molecule has 3 rings (SSSR count). The van der Waals surface area contributed by atoms with E-state index in [9.17, 15) is 14.0 Å². The van der Waals surface area contributed by atoms with Crippen LogP contribution in [0.5, 0.6) is 0 Å². The van der Waals surface area contributed by atoms with Gasteiger partial charge in [0, 0.05) is 19.0 Å². The molecular weight excluding hydrogens is 271 g/mol. The second kappa shape index (κ2) is 5.84. The molecule has 2 unspecified atom stereocenters. The van der Waals surface area contributed by atoms with Gasteiger partial charge in [0.1, 0.15) is 5.82 Å². The van der Waals surface area contributed by atoms with Crippen molar-refractivity contribution < 1.29 is 14.0 Å². The van der Waals surface area contributed by atoms with Crippen LogP contribution in [-0.4, -0.2) is 36.3 Å². The molecule has 1 saturated heterocycles. The summed E-state index contributed by atoms with van der Waals surface area (Å²) < 4.78 is 13.6. The highest BCUT2D eigenvalue weighted by Crippen LogP contribution is 2.48. The van der Waals surface area contributed by atoms with Crippen molar-refractivity contribution in [3.63, 3.8) is 0 Å². The summed E-state index contributed by atoms with van der Waals surface area (Å²) in [7, 11) is 0. The van der Waals surface area contributed by atoms with Crippen LogP contribution < -0.4 is 5.32 Å². The lowest BCUT2D eigenvalue weighted by Crippen LogP contribution is -2.39. The van der Waals surface area contributed by atoms with Gasteiger partial charge in [0.15, 0.2) is 0 Å². The fourth-order valence-electron chi connectivity index (χ4n) is 2.98. The van der Waals surface area contributed by atoms with Crippen LogP contribution in [0.3, 0.4) is 0 Å². The Balaban J connectivity index is 1.49. The first-order chi connectivity index (χ1) is 10.2. The van der Waals surface area contributed by atoms with Crippen LogP contribution in [-0.2, 0) is 9.59 Å². The van der Waals surface area contributed by atoms with Gasteiger partial charge >= 0.3 is 0 Å². The van der Waals surface area contributed by atoms with Crippen molar-refractivity contribution in [2.24, 2.45) is 5.92 Å². The third-order valence-corrected chi connectivity index (χ3v) is 4.30. The normalized spacial score (nSPS) is 24.0. The van der Waals surface area contributed by atoms with E-state index in [1.807, 2.05) is 0 Å². The zero-order valence-corrected chi connectivity index (χ0v) is 11.8. The lowest BCUT2D eigenvalue weighted by molar-refractivity contribution is -0.132. The van der Waals surface area contributed by atoms with Gasteiger partial charge in [-0.15, -0.1) is 0 Å². The van der Waals surface area contributed by atoms with Crippen molar-refractivity contribution in [1.29, 1.82) is 0 Å². The molecule has 1 aliphatic heterocycles. The quantitative estimate of drug-likeness (QED) is 0.917. The number of benzene rings is 1. The predicted octanol–water partition coefficient (Wildman–Crippen LogP) is 1.67. The van der Waals surface area contributed by atoms with E-state index in [1.165, 1.54) is 6.07 Å². The Morgan fingerprint density at radius 3 is 2.67 bits per heavy atom. The maximum absolute atomic E-state index is 13.6. The van der Waals surface area contributed by atoms with E-state index in [1.54, 1.807) is 23.1 Å². The van der Waals surface area contributed by atoms with Gasteiger partial charge in [-0.2, -0.15) is 0 Å². The first-order valence-electron chi connectivity index (χ1n) is 7.46. The number of likely N-dealkylation sites (tertiary alicyclic amines) is 1. The molecule has 0 aromatic heterocycles. The SMILES string of the molecule is O=C(NCC(=O)N1CCCC1)C1CC1c1ccccc1F. The molecule has 21 heavy (non-hydrogen) atoms. The highest BCUT2D eigenvalue weighted by atomic mass is 19.1. The zero-order valence-electron chi connectivity index (χ0n) is 11.8. The average molecular weight is 290 g/mol. The van der Waals surface area contributed by atoms with E-state index in [2.05, 4.69) is 5.32 Å². The van der Waals surface area contributed by atoms with Crippen molar-refractivity contribution in [2.75, 3.05) is 19.6 Å². The maximum atomic E-state index is 13.6. The molecule has 112 valence electrons. The number of carbonyl (C=O) groups is 2. The molecule has 2 fully saturated rings. The second-order valence-electron chi connectivity index (χ2n) is 5.78. The smallest absolute Gasteiger partial charge is 0.241 e. The standard InChI is InChI=1S/C16H19FN2O2/c17-14-6-2-1-5-11(14)12-9-13(12)16(21)18-10-15(20)19-7-3-4-8-19/h1-2,5-6,12-13H,3-4,7-10H2,(H,18,21). The van der Waals surface area contributed by atoms with Crippen LogP contribution in [0.1, 0.15) is 30.7 Å². The first-order valence-corrected chi connectivity index (χ1v) is 7.46. The summed E-state index contributed by atoms with van der Waals surface area (Å²) in [5, 5.41) is 2.69. The van der Waals surface area contributed by atoms with Crippen LogP contribution >= 0.6 is 0 Å². The van der Waals surface area contributed by atoms with Gasteiger partial charge in [0.25, 0.3) is 0 Å². The second-order valence-corrected chi connectivity index (χ2v) is 5.78. The number of rotatable bonds is 4. The van der Waals surface area contributed by atoms with Gasteiger partial charge in [-0.3, -0.25) is 9.59 Å². The summed E-state index contributed by atoms with van der Waals surface area (Å²) in [4.78, 5) is 25.6. The van der Waals surface area contributed by atoms with E-state index in [0.29, 0.717) is 12.0 Å². The van der Waals surface area contributed by atoms with Crippen LogP contribution in [0.15, 0.2) is 24.3 Å². The Hall–Kier alpha value is -1.91. The molecule has 0 bridgehead atoms.